The van der Waals surface area contributed by atoms with Gasteiger partial charge in [0.15, 0.2) is 0 Å². The Morgan fingerprint density at radius 2 is 0.571 bits per heavy atom. The van der Waals surface area contributed by atoms with Gasteiger partial charge in [-0.1, -0.05) is 351 Å². The number of nitrogens with zero attached hydrogens (tertiary/aromatic N) is 5. The summed E-state index contributed by atoms with van der Waals surface area (Å²) in [5.74, 6) is 0. The summed E-state index contributed by atoms with van der Waals surface area (Å²) in [4.78, 5) is 0.465. The van der Waals surface area contributed by atoms with Crippen LogP contribution in [-0.4, -0.2) is 132 Å². The quantitative estimate of drug-likeness (QED) is 0.0135. The van der Waals surface area contributed by atoms with Gasteiger partial charge >= 0.3 is 135 Å². The van der Waals surface area contributed by atoms with Crippen molar-refractivity contribution in [3.8, 4) is 0 Å². The summed E-state index contributed by atoms with van der Waals surface area (Å²) in [6.07, 6.45) is 17.6. The van der Waals surface area contributed by atoms with Crippen LogP contribution in [0.2, 0.25) is 0 Å². The summed E-state index contributed by atoms with van der Waals surface area (Å²) in [5.41, 5.74) is 12.4. The number of aryl methyl sites for hydroxylation is 7. The van der Waals surface area contributed by atoms with Gasteiger partial charge in [0.05, 0.1) is 30.1 Å². The molecule has 0 aliphatic heterocycles. The Bertz CT molecular complexity index is 5420. The molecule has 0 heterocycles. The molecule has 1 fully saturated rings. The zero-order chi connectivity index (χ0) is 99.3. The van der Waals surface area contributed by atoms with E-state index in [4.69, 9.17) is 0 Å². The third-order valence-electron chi connectivity index (χ3n) is 20.6. The molecular formula is C105H140Cl5N10O10Ru5S5+5. The normalized spacial score (nSPS) is 13.1. The molecule has 0 bridgehead atoms. The Kier molecular flexibility index (Phi) is 84.0. The van der Waals surface area contributed by atoms with Crippen molar-refractivity contribution < 1.29 is 129 Å². The first-order chi connectivity index (χ1) is 65.3. The summed E-state index contributed by atoms with van der Waals surface area (Å²) in [6.45, 7) is 9.78. The fourth-order valence-electron chi connectivity index (χ4n) is 14.2. The molecule has 1 saturated carbocycles. The second kappa shape index (κ2) is 84.3. The van der Waals surface area contributed by atoms with Crippen LogP contribution >= 0.6 is 48.5 Å². The van der Waals surface area contributed by atoms with Crippen LogP contribution in [0, 0.1) is 51.0 Å². The van der Waals surface area contributed by atoms with E-state index >= 15 is 0 Å². The molecule has 5 N–H and O–H groups in total. The number of rotatable bonds is 45. The molecule has 0 amide bonds. The predicted octanol–water partition coefficient (Wildman–Crippen LogP) is 25.1. The van der Waals surface area contributed by atoms with Crippen molar-refractivity contribution in [3.63, 3.8) is 0 Å². The van der Waals surface area contributed by atoms with Gasteiger partial charge in [0.25, 0.3) is 0 Å². The topological polar surface area (TPSA) is 301 Å². The molecule has 35 heteroatoms. The third-order valence-corrected chi connectivity index (χ3v) is 25.2. The minimum absolute atomic E-state index is 0. The van der Waals surface area contributed by atoms with Crippen LogP contribution in [0.1, 0.15) is 143 Å². The van der Waals surface area contributed by atoms with Crippen LogP contribution in [0.25, 0.3) is 23.6 Å². The second-order valence-corrected chi connectivity index (χ2v) is 39.4. The van der Waals surface area contributed by atoms with Crippen LogP contribution in [0.5, 0.6) is 0 Å². The Morgan fingerprint density at radius 1 is 0.300 bits per heavy atom. The number of sulfonamides is 5. The van der Waals surface area contributed by atoms with Crippen molar-refractivity contribution in [2.45, 2.75) is 150 Å². The van der Waals surface area contributed by atoms with Crippen LogP contribution in [0.15, 0.2) is 331 Å². The summed E-state index contributed by atoms with van der Waals surface area (Å²) >= 11 is 9.11. The second-order valence-electron chi connectivity index (χ2n) is 31.1. The van der Waals surface area contributed by atoms with Crippen LogP contribution in [0.4, 0.5) is 0 Å². The van der Waals surface area contributed by atoms with Gasteiger partial charge in [-0.25, -0.2) is 42.1 Å². The monoisotopic (exact) mass is 2550 g/mol. The number of hydrogen-bond donors (Lipinski definition) is 5. The summed E-state index contributed by atoms with van der Waals surface area (Å²) < 4.78 is 139. The van der Waals surface area contributed by atoms with Gasteiger partial charge in [-0.05, 0) is 200 Å². The van der Waals surface area contributed by atoms with Gasteiger partial charge in [0.1, 0.15) is 20.0 Å². The Balaban J connectivity index is -0.00000165. The molecule has 1 aliphatic rings. The predicted molar refractivity (Wildman–Crippen MR) is 575 cm³/mol. The SMILES string of the molecule is CS(=O)(=O)[N-]C(c1ccccc1)C(NCCCc1ccccc1)c1ccccc1.CS(=O)(=O)[N-]C1CCCCC1NCCCc1ccccc1.CS(=O)(=O)[N-]CCNCCCc1ccccc1.Cc1ccc(S(=O)(=O)[N-]C(c2ccccc2)C(NCCCc2ccccc2)c2ccccc2)cc1.Cc1ccc(S(=O)(=O)[N-]CCNCCCc2ccccc2)cc1.[CH3-].[CH3-].[CH3-].[CH3-].[CH3-].[Cl][Ru+3].[Cl][Ru+3].[Cl][Ru+3].[Cl][Ru+3].[Cl][Ru+3]. The van der Waals surface area contributed by atoms with Gasteiger partial charge in [0, 0.05) is 40.6 Å². The molecule has 11 aromatic rings. The number of halogens is 5. The summed E-state index contributed by atoms with van der Waals surface area (Å²) in [6, 6.07) is 103. The Morgan fingerprint density at radius 3 is 0.879 bits per heavy atom. The summed E-state index contributed by atoms with van der Waals surface area (Å²) in [5, 5.41) is 17.1. The fraction of sp³-hybridized carbons (Fsp3) is 0.324. The average molecular weight is 2550 g/mol. The van der Waals surface area contributed by atoms with Gasteiger partial charge in [-0.15, -0.1) is 19.1 Å². The molecule has 0 spiro atoms. The molecule has 1 aliphatic carbocycles. The van der Waals surface area contributed by atoms with E-state index in [-0.39, 0.29) is 77.6 Å². The molecule has 12 rings (SSSR count). The van der Waals surface area contributed by atoms with Gasteiger partial charge in [-0.2, -0.15) is 0 Å². The van der Waals surface area contributed by atoms with Crippen LogP contribution in [0.3, 0.4) is 0 Å². The van der Waals surface area contributed by atoms with E-state index in [0.29, 0.717) is 19.6 Å². The van der Waals surface area contributed by atoms with Crippen molar-refractivity contribution in [2.75, 3.05) is 77.7 Å². The van der Waals surface area contributed by atoms with Crippen molar-refractivity contribution in [1.82, 2.24) is 26.6 Å². The minimum atomic E-state index is -3.87. The molecule has 11 aromatic carbocycles. The first-order valence-corrected chi connectivity index (χ1v) is 63.3. The van der Waals surface area contributed by atoms with Crippen LogP contribution in [-0.2, 0) is 169 Å². The molecule has 0 saturated heterocycles. The van der Waals surface area contributed by atoms with Crippen molar-refractivity contribution in [3.05, 3.63) is 443 Å². The van der Waals surface area contributed by atoms with Gasteiger partial charge in [0.2, 0.25) is 0 Å². The number of hydrogen-bond acceptors (Lipinski definition) is 15. The number of benzene rings is 11. The molecule has 770 valence electrons. The maximum absolute atomic E-state index is 13.4. The Hall–Kier alpha value is -4.66. The van der Waals surface area contributed by atoms with E-state index in [0.717, 1.165) is 169 Å². The van der Waals surface area contributed by atoms with Crippen LogP contribution < -0.4 is 26.6 Å². The van der Waals surface area contributed by atoms with Gasteiger partial charge < -0.3 is 87.3 Å². The molecule has 0 aromatic heterocycles. The molecule has 6 atom stereocenters. The first kappa shape index (κ1) is 139. The zero-order valence-electron chi connectivity index (χ0n) is 81.3. The van der Waals surface area contributed by atoms with Gasteiger partial charge in [-0.3, -0.25) is 0 Å². The molecule has 6 unspecified atom stereocenters. The average Bonchev–Trinajstić information content (AvgIpc) is 0.800. The Labute approximate surface area is 914 Å². The number of nitrogens with one attached hydrogen (secondary N) is 5. The standard InChI is InChI=1S/C30H31N2O2S.C24H27N2O2S.C18H23N2O2S.C16H25N2O2S.C12H19N2O2S.5CH3.5ClH.5Ru/c1-24-19-21-28(22-20-24)35(33,34)32-30(27-17-9-4-10-18-27)29(26-15-7-3-8-16-26)31-23-11-14-25-12-5-2-6-13-25;1-29(27,28)26-24(22-17-9-4-10-18-22)23(21-15-7-3-8-16-21)25-19-11-14-20-12-5-2-6-13-20;1-16-9-11-18(12-10-16)23(21,22)20-15-14-19-13-5-8-17-6-3-2-4-7-17;1-21(19,20)18-16-12-6-5-11-15(16)17-13-7-10-14-8-3-2-4-9-14;1-17(15,16)14-11-10-13-9-5-8-12-6-3-2-4-7-12;;;;;;;;;;;;;;;/h2-10,12-13,15-22,29-31H,11,14,23H2,1H3;2-10,12-13,15-18,23-25H,11,14,19H2,1H3;2-4,6-7,9-12,19H,5,8,13-15H2,1H3;2-4,8-9,15-17H,5-7,10-13H2,1H3;2-4,6-7,13H,5,8-11H2,1H3;5*1H3;5*1H;;;;;/q10*-1;;;;;;5*+4/p-5. The van der Waals surface area contributed by atoms with Crippen molar-refractivity contribution in [1.29, 1.82) is 0 Å². The summed E-state index contributed by atoms with van der Waals surface area (Å²) in [7, 11) is 5.52. The maximum atomic E-state index is 13.4. The zero-order valence-corrected chi connectivity index (χ0v) is 97.9. The van der Waals surface area contributed by atoms with Crippen molar-refractivity contribution in [2.24, 2.45) is 0 Å². The van der Waals surface area contributed by atoms with E-state index < -0.39 is 62.2 Å². The van der Waals surface area contributed by atoms with E-state index in [1.54, 1.807) is 48.5 Å². The molecule has 140 heavy (non-hydrogen) atoms. The molecular weight excluding hydrogens is 2400 g/mol. The fourth-order valence-corrected chi connectivity index (χ4v) is 18.2. The van der Waals surface area contributed by atoms with E-state index in [2.05, 4.69) is 184 Å². The first-order valence-electron chi connectivity index (χ1n) is 43.7. The third kappa shape index (κ3) is 63.1. The van der Waals surface area contributed by atoms with E-state index in [1.807, 2.05) is 288 Å². The van der Waals surface area contributed by atoms with E-state index in [1.165, 1.54) is 34.1 Å². The van der Waals surface area contributed by atoms with E-state index in [9.17, 15) is 42.1 Å². The molecule has 0 radical (unpaired) electrons. The molecule has 20 nitrogen and oxygen atoms in total. The van der Waals surface area contributed by atoms with Crippen molar-refractivity contribution >= 4 is 98.6 Å².